The van der Waals surface area contributed by atoms with Gasteiger partial charge in [-0.25, -0.2) is 0 Å². The zero-order valence-electron chi connectivity index (χ0n) is 13.8. The summed E-state index contributed by atoms with van der Waals surface area (Å²) in [4.78, 5) is 24.0. The summed E-state index contributed by atoms with van der Waals surface area (Å²) in [6.45, 7) is 4.07. The third-order valence-corrected chi connectivity index (χ3v) is 4.54. The van der Waals surface area contributed by atoms with Crippen LogP contribution in [0.4, 0.5) is 11.4 Å². The topological polar surface area (TPSA) is 84.2 Å². The van der Waals surface area contributed by atoms with Crippen molar-refractivity contribution in [2.24, 2.45) is 5.73 Å². The lowest BCUT2D eigenvalue weighted by atomic mass is 10.1. The fraction of sp³-hybridized carbons (Fsp3) is 0.222. The molecule has 0 saturated carbocycles. The number of hydrogen-bond acceptors (Lipinski definition) is 4. The van der Waals surface area contributed by atoms with E-state index in [0.29, 0.717) is 0 Å². The van der Waals surface area contributed by atoms with E-state index < -0.39 is 0 Å². The number of primary amides is 1. The molecular weight excluding hydrogens is 322 g/mol. The molecule has 0 aliphatic carbocycles. The van der Waals surface area contributed by atoms with Crippen LogP contribution in [0.2, 0.25) is 0 Å². The first-order valence-corrected chi connectivity index (χ1v) is 8.56. The maximum atomic E-state index is 12.2. The number of amides is 2. The molecule has 0 unspecified atom stereocenters. The highest BCUT2D eigenvalue weighted by Gasteiger charge is 2.09. The molecule has 0 saturated heterocycles. The zero-order valence-corrected chi connectivity index (χ0v) is 14.6. The normalized spacial score (nSPS) is 10.2. The van der Waals surface area contributed by atoms with Crippen LogP contribution in [0.3, 0.4) is 0 Å². The lowest BCUT2D eigenvalue weighted by molar-refractivity contribution is -0.116. The fourth-order valence-corrected chi connectivity index (χ4v) is 3.03. The molecule has 0 aliphatic rings. The van der Waals surface area contributed by atoms with Gasteiger partial charge < -0.3 is 16.4 Å². The van der Waals surface area contributed by atoms with Gasteiger partial charge in [0.25, 0.3) is 0 Å². The average molecular weight is 343 g/mol. The molecule has 2 rings (SSSR count). The molecule has 2 amide bonds. The number of rotatable bonds is 7. The van der Waals surface area contributed by atoms with Gasteiger partial charge in [0.2, 0.25) is 11.8 Å². The summed E-state index contributed by atoms with van der Waals surface area (Å²) in [5, 5.41) is 6.05. The number of nitrogens with one attached hydrogen (secondary N) is 2. The van der Waals surface area contributed by atoms with Gasteiger partial charge in [0.15, 0.2) is 0 Å². The lowest BCUT2D eigenvalue weighted by Crippen LogP contribution is -2.23. The van der Waals surface area contributed by atoms with Crippen molar-refractivity contribution < 1.29 is 9.59 Å². The molecule has 126 valence electrons. The Morgan fingerprint density at radius 1 is 1.04 bits per heavy atom. The van der Waals surface area contributed by atoms with Crippen molar-refractivity contribution in [3.8, 4) is 0 Å². The molecule has 24 heavy (non-hydrogen) atoms. The van der Waals surface area contributed by atoms with E-state index in [4.69, 9.17) is 5.73 Å². The van der Waals surface area contributed by atoms with Gasteiger partial charge in [0.1, 0.15) is 0 Å². The average Bonchev–Trinajstić information content (AvgIpc) is 2.55. The Morgan fingerprint density at radius 2 is 1.71 bits per heavy atom. The van der Waals surface area contributed by atoms with Gasteiger partial charge in [-0.05, 0) is 37.1 Å². The highest BCUT2D eigenvalue weighted by molar-refractivity contribution is 8.00. The second-order valence-corrected chi connectivity index (χ2v) is 6.44. The molecule has 0 atom stereocenters. The van der Waals surface area contributed by atoms with Crippen molar-refractivity contribution >= 4 is 35.0 Å². The first-order valence-electron chi connectivity index (χ1n) is 7.57. The minimum Gasteiger partial charge on any atom is -0.375 e. The Hall–Kier alpha value is -2.47. The Balaban J connectivity index is 1.98. The summed E-state index contributed by atoms with van der Waals surface area (Å²) < 4.78 is 0. The van der Waals surface area contributed by atoms with Crippen LogP contribution in [0.25, 0.3) is 0 Å². The number of thioether (sulfide) groups is 1. The number of carbonyl (C=O) groups is 2. The Labute approximate surface area is 146 Å². The van der Waals surface area contributed by atoms with Crippen LogP contribution < -0.4 is 16.4 Å². The van der Waals surface area contributed by atoms with E-state index in [1.54, 1.807) is 0 Å². The molecule has 0 heterocycles. The van der Waals surface area contributed by atoms with Crippen molar-refractivity contribution in [2.75, 3.05) is 22.9 Å². The molecule has 0 radical (unpaired) electrons. The van der Waals surface area contributed by atoms with Crippen LogP contribution in [0.15, 0.2) is 47.4 Å². The maximum absolute atomic E-state index is 12.2. The predicted molar refractivity (Wildman–Crippen MR) is 99.4 cm³/mol. The largest absolute Gasteiger partial charge is 0.375 e. The molecule has 0 aliphatic heterocycles. The molecule has 0 spiro atoms. The predicted octanol–water partition coefficient (Wildman–Crippen LogP) is 2.93. The van der Waals surface area contributed by atoms with Crippen LogP contribution >= 0.6 is 11.8 Å². The molecule has 5 nitrogen and oxygen atoms in total. The summed E-state index contributed by atoms with van der Waals surface area (Å²) in [6.07, 6.45) is 0. The van der Waals surface area contributed by atoms with E-state index in [9.17, 15) is 9.59 Å². The summed E-state index contributed by atoms with van der Waals surface area (Å²) in [5.41, 5.74) is 8.89. The van der Waals surface area contributed by atoms with Gasteiger partial charge in [-0.1, -0.05) is 30.3 Å². The van der Waals surface area contributed by atoms with Crippen molar-refractivity contribution in [1.29, 1.82) is 0 Å². The van der Waals surface area contributed by atoms with Gasteiger partial charge in [0, 0.05) is 16.3 Å². The molecular formula is C18H21N3O2S. The zero-order chi connectivity index (χ0) is 17.5. The fourth-order valence-electron chi connectivity index (χ4n) is 2.26. The van der Waals surface area contributed by atoms with E-state index in [1.165, 1.54) is 11.8 Å². The third-order valence-electron chi connectivity index (χ3n) is 3.44. The smallest absolute Gasteiger partial charge is 0.243 e. The van der Waals surface area contributed by atoms with Crippen LogP contribution in [-0.4, -0.2) is 24.1 Å². The highest BCUT2D eigenvalue weighted by atomic mass is 32.2. The molecule has 0 bridgehead atoms. The second kappa shape index (κ2) is 8.40. The van der Waals surface area contributed by atoms with E-state index in [2.05, 4.69) is 10.6 Å². The van der Waals surface area contributed by atoms with E-state index >= 15 is 0 Å². The van der Waals surface area contributed by atoms with Crippen molar-refractivity contribution in [3.63, 3.8) is 0 Å². The quantitative estimate of drug-likeness (QED) is 0.675. The van der Waals surface area contributed by atoms with Crippen LogP contribution in [0.5, 0.6) is 0 Å². The molecule has 6 heteroatoms. The summed E-state index contributed by atoms with van der Waals surface area (Å²) in [5.74, 6) is -0.294. The number of benzene rings is 2. The van der Waals surface area contributed by atoms with Crippen molar-refractivity contribution in [1.82, 2.24) is 0 Å². The van der Waals surface area contributed by atoms with Crippen molar-refractivity contribution in [2.45, 2.75) is 18.7 Å². The molecule has 2 aromatic carbocycles. The number of nitrogens with two attached hydrogens (primary N) is 1. The van der Waals surface area contributed by atoms with Gasteiger partial charge in [0.05, 0.1) is 12.3 Å². The lowest BCUT2D eigenvalue weighted by Gasteiger charge is -2.14. The van der Waals surface area contributed by atoms with Crippen LogP contribution in [-0.2, 0) is 9.59 Å². The van der Waals surface area contributed by atoms with Crippen LogP contribution in [0.1, 0.15) is 11.1 Å². The first kappa shape index (κ1) is 17.9. The Bertz CT molecular complexity index is 727. The standard InChI is InChI=1S/C18H21N3O2S/c1-12-6-5-7-13(2)18(12)21-17(23)10-20-14-8-3-4-9-15(14)24-11-16(19)22/h3-9,20H,10-11H2,1-2H3,(H2,19,22)(H,21,23). The maximum Gasteiger partial charge on any atom is 0.243 e. The van der Waals surface area contributed by atoms with Gasteiger partial charge in [-0.2, -0.15) is 0 Å². The van der Waals surface area contributed by atoms with Crippen LogP contribution in [0, 0.1) is 13.8 Å². The Morgan fingerprint density at radius 3 is 2.38 bits per heavy atom. The van der Waals surface area contributed by atoms with Crippen molar-refractivity contribution in [3.05, 3.63) is 53.6 Å². The minimum atomic E-state index is -0.373. The van der Waals surface area contributed by atoms with Gasteiger partial charge in [-0.15, -0.1) is 11.8 Å². The number of carbonyl (C=O) groups excluding carboxylic acids is 2. The molecule has 2 aromatic rings. The summed E-state index contributed by atoms with van der Waals surface area (Å²) in [7, 11) is 0. The number of anilines is 2. The minimum absolute atomic E-state index is 0.123. The monoisotopic (exact) mass is 343 g/mol. The highest BCUT2D eigenvalue weighted by Crippen LogP contribution is 2.26. The van der Waals surface area contributed by atoms with Gasteiger partial charge in [-0.3, -0.25) is 9.59 Å². The second-order valence-electron chi connectivity index (χ2n) is 5.42. The van der Waals surface area contributed by atoms with E-state index in [-0.39, 0.29) is 24.1 Å². The SMILES string of the molecule is Cc1cccc(C)c1NC(=O)CNc1ccccc1SCC(N)=O. The molecule has 4 N–H and O–H groups in total. The number of para-hydroxylation sites is 2. The third kappa shape index (κ3) is 5.03. The summed E-state index contributed by atoms with van der Waals surface area (Å²) >= 11 is 1.35. The Kier molecular flexibility index (Phi) is 6.26. The van der Waals surface area contributed by atoms with E-state index in [1.807, 2.05) is 56.3 Å². The molecule has 0 fully saturated rings. The number of aryl methyl sites for hydroxylation is 2. The number of hydrogen-bond donors (Lipinski definition) is 3. The molecule has 0 aromatic heterocycles. The summed E-state index contributed by atoms with van der Waals surface area (Å²) in [6, 6.07) is 13.4. The first-order chi connectivity index (χ1) is 11.5. The van der Waals surface area contributed by atoms with E-state index in [0.717, 1.165) is 27.4 Å². The van der Waals surface area contributed by atoms with Gasteiger partial charge >= 0.3 is 0 Å².